The third kappa shape index (κ3) is 2.19. The maximum absolute atomic E-state index is 10.7. The third-order valence-corrected chi connectivity index (χ3v) is 2.57. The number of rotatable bonds is 2. The van der Waals surface area contributed by atoms with Crippen LogP contribution in [0.4, 0.5) is 0 Å². The molecule has 3 atom stereocenters. The minimum atomic E-state index is -0.648. The summed E-state index contributed by atoms with van der Waals surface area (Å²) >= 11 is 0. The summed E-state index contributed by atoms with van der Waals surface area (Å²) in [6.07, 6.45) is -1.05. The van der Waals surface area contributed by atoms with Gasteiger partial charge in [0.15, 0.2) is 0 Å². The number of hydrogen-bond donors (Lipinski definition) is 0. The van der Waals surface area contributed by atoms with E-state index < -0.39 is 12.1 Å². The van der Waals surface area contributed by atoms with Crippen molar-refractivity contribution in [2.45, 2.75) is 45.1 Å². The molecule has 0 amide bonds. The van der Waals surface area contributed by atoms with Gasteiger partial charge in [0.25, 0.3) is 0 Å². The van der Waals surface area contributed by atoms with Gasteiger partial charge in [-0.3, -0.25) is 0 Å². The molecular weight excluding hydrogens is 211 g/mol. The van der Waals surface area contributed by atoms with Crippen molar-refractivity contribution in [3.8, 4) is 0 Å². The molecule has 0 aromatic heterocycles. The average molecular weight is 226 g/mol. The van der Waals surface area contributed by atoms with Crippen molar-refractivity contribution >= 4 is 18.9 Å². The summed E-state index contributed by atoms with van der Waals surface area (Å²) in [5.74, 6) is -0.986. The molecule has 16 heavy (non-hydrogen) atoms. The van der Waals surface area contributed by atoms with Gasteiger partial charge in [0.1, 0.15) is 0 Å². The molecule has 2 aliphatic rings. The van der Waals surface area contributed by atoms with Gasteiger partial charge in [-0.15, -0.1) is 0 Å². The Morgan fingerprint density at radius 2 is 2.19 bits per heavy atom. The van der Waals surface area contributed by atoms with E-state index in [1.54, 1.807) is 0 Å². The van der Waals surface area contributed by atoms with Crippen molar-refractivity contribution in [2.75, 3.05) is 6.61 Å². The average Bonchev–Trinajstić information content (AvgIpc) is 2.58. The van der Waals surface area contributed by atoms with Crippen molar-refractivity contribution in [2.24, 2.45) is 0 Å². The first kappa shape index (κ1) is 11.8. The Hall–Kier alpha value is -0.715. The quantitative estimate of drug-likeness (QED) is 0.469. The molecule has 0 aliphatic carbocycles. The van der Waals surface area contributed by atoms with Gasteiger partial charge < -0.3 is 0 Å². The van der Waals surface area contributed by atoms with E-state index in [1.165, 1.54) is 6.92 Å². The molecule has 0 aromatic carbocycles. The zero-order chi connectivity index (χ0) is 11.9. The molecule has 2 aliphatic heterocycles. The molecule has 0 radical (unpaired) electrons. The number of fused-ring (bicyclic) bond motifs is 1. The number of carbonyl (C=O) groups excluding carboxylic acids is 1. The monoisotopic (exact) mass is 226 g/mol. The summed E-state index contributed by atoms with van der Waals surface area (Å²) in [5, 5.41) is 0. The molecule has 2 fully saturated rings. The van der Waals surface area contributed by atoms with Gasteiger partial charge in [-0.05, 0) is 0 Å². The van der Waals surface area contributed by atoms with Crippen molar-refractivity contribution < 1.29 is 23.7 Å². The molecule has 0 bridgehead atoms. The van der Waals surface area contributed by atoms with Crippen LogP contribution in [-0.2, 0) is 23.7 Å². The van der Waals surface area contributed by atoms with Crippen LogP contribution in [0.15, 0.2) is 0 Å². The van der Waals surface area contributed by atoms with Crippen molar-refractivity contribution in [1.82, 2.24) is 0 Å². The molecule has 2 saturated heterocycles. The second kappa shape index (κ2) is 3.94. The fraction of sp³-hybridized carbons (Fsp3) is 0.800. The van der Waals surface area contributed by atoms with E-state index in [1.807, 2.05) is 13.8 Å². The predicted octanol–water partition coefficient (Wildman–Crippen LogP) is -0.501. The standard InChI is InChI=1S/C10H15BO5/c1-5(12)13-4-6-7(11)8-9(14-6)16-10(2,3)15-8/h6,8-9,11H,4H2,1-3H3/t6-,8-,9-/m1/s1. The molecule has 6 heteroatoms. The Balaban J connectivity index is 1.95. The maximum atomic E-state index is 10.7. The molecule has 0 saturated carbocycles. The van der Waals surface area contributed by atoms with Gasteiger partial charge in [0.2, 0.25) is 0 Å². The van der Waals surface area contributed by atoms with E-state index in [2.05, 4.69) is 7.49 Å². The van der Waals surface area contributed by atoms with E-state index in [-0.39, 0.29) is 24.8 Å². The second-order valence-electron chi connectivity index (χ2n) is 4.43. The molecule has 0 N–H and O–H groups in total. The van der Waals surface area contributed by atoms with E-state index >= 15 is 0 Å². The van der Waals surface area contributed by atoms with Crippen LogP contribution in [0.5, 0.6) is 0 Å². The van der Waals surface area contributed by atoms with Crippen molar-refractivity contribution in [3.63, 3.8) is 0 Å². The summed E-state index contributed by atoms with van der Waals surface area (Å²) in [6.45, 7) is 5.16. The van der Waals surface area contributed by atoms with Crippen LogP contribution in [0.1, 0.15) is 20.8 Å². The predicted molar refractivity (Wildman–Crippen MR) is 57.5 cm³/mol. The van der Waals surface area contributed by atoms with Crippen LogP contribution < -0.4 is 0 Å². The SMILES string of the molecule is B=C1[C@H]2OC(C)(C)O[C@H]2O[C@@H]1COC(C)=O. The van der Waals surface area contributed by atoms with E-state index in [4.69, 9.17) is 18.9 Å². The van der Waals surface area contributed by atoms with Crippen molar-refractivity contribution in [1.29, 1.82) is 0 Å². The first-order valence-corrected chi connectivity index (χ1v) is 5.22. The summed E-state index contributed by atoms with van der Waals surface area (Å²) < 4.78 is 21.6. The zero-order valence-corrected chi connectivity index (χ0v) is 9.69. The van der Waals surface area contributed by atoms with Crippen LogP contribution in [-0.4, -0.2) is 49.8 Å². The first-order chi connectivity index (χ1) is 7.39. The second-order valence-corrected chi connectivity index (χ2v) is 4.43. The van der Waals surface area contributed by atoms with E-state index in [0.29, 0.717) is 0 Å². The molecule has 5 nitrogen and oxygen atoms in total. The molecule has 0 aromatic rings. The minimum absolute atomic E-state index is 0.161. The van der Waals surface area contributed by atoms with Gasteiger partial charge in [0, 0.05) is 0 Å². The molecule has 0 unspecified atom stereocenters. The van der Waals surface area contributed by atoms with Gasteiger partial charge in [-0.1, -0.05) is 0 Å². The van der Waals surface area contributed by atoms with E-state index in [0.717, 1.165) is 5.46 Å². The molecule has 2 rings (SSSR count). The summed E-state index contributed by atoms with van der Waals surface area (Å²) in [7, 11) is 3.90. The Morgan fingerprint density at radius 3 is 2.75 bits per heavy atom. The topological polar surface area (TPSA) is 54.0 Å². The van der Waals surface area contributed by atoms with E-state index in [9.17, 15) is 4.79 Å². The molecule has 88 valence electrons. The first-order valence-electron chi connectivity index (χ1n) is 5.22. The van der Waals surface area contributed by atoms with Crippen LogP contribution in [0.25, 0.3) is 0 Å². The Kier molecular flexibility index (Phi) is 2.90. The normalized spacial score (nSPS) is 36.1. The van der Waals surface area contributed by atoms with Gasteiger partial charge in [0.05, 0.1) is 0 Å². The summed E-state index contributed by atoms with van der Waals surface area (Å²) in [4.78, 5) is 10.7. The van der Waals surface area contributed by atoms with Gasteiger partial charge >= 0.3 is 94.3 Å². The summed E-state index contributed by atoms with van der Waals surface area (Å²) in [6, 6.07) is 0. The van der Waals surface area contributed by atoms with Gasteiger partial charge in [-0.25, -0.2) is 0 Å². The molecular formula is C10H15BO5. The summed E-state index contributed by atoms with van der Waals surface area (Å²) in [5.41, 5.74) is 0.761. The number of carbonyl (C=O) groups is 1. The Bertz CT molecular complexity index is 327. The van der Waals surface area contributed by atoms with Gasteiger partial charge in [-0.2, -0.15) is 0 Å². The number of hydrogen-bond acceptors (Lipinski definition) is 5. The van der Waals surface area contributed by atoms with Crippen LogP contribution in [0.3, 0.4) is 0 Å². The fourth-order valence-corrected chi connectivity index (χ4v) is 1.85. The third-order valence-electron chi connectivity index (χ3n) is 2.57. The Morgan fingerprint density at radius 1 is 1.50 bits per heavy atom. The number of ether oxygens (including phenoxy) is 4. The van der Waals surface area contributed by atoms with Crippen LogP contribution in [0, 0.1) is 0 Å². The number of esters is 1. The fourth-order valence-electron chi connectivity index (χ4n) is 1.85. The molecule has 0 spiro atoms. The van der Waals surface area contributed by atoms with Crippen molar-refractivity contribution in [3.05, 3.63) is 0 Å². The molecule has 2 heterocycles. The zero-order valence-electron chi connectivity index (χ0n) is 9.69. The van der Waals surface area contributed by atoms with Crippen LogP contribution >= 0.6 is 0 Å². The Labute approximate surface area is 95.1 Å². The van der Waals surface area contributed by atoms with Crippen LogP contribution in [0.2, 0.25) is 0 Å².